The first-order chi connectivity index (χ1) is 16.4. The third-order valence-electron chi connectivity index (χ3n) is 5.96. The van der Waals surface area contributed by atoms with E-state index in [1.807, 2.05) is 42.5 Å². The Labute approximate surface area is 202 Å². The SMILES string of the molecule is COc1ccc([C@@H]2[C@H]3C(=O)N(c4ccc([N+](=O)[O-])cc4)C(=O)[C@H]3ON2c2ccccc2)cc1Br. The number of carbonyl (C=O) groups is 2. The van der Waals surface area contributed by atoms with Crippen molar-refractivity contribution in [3.8, 4) is 5.75 Å². The van der Waals surface area contributed by atoms with Crippen LogP contribution < -0.4 is 14.7 Å². The molecule has 0 bridgehead atoms. The van der Waals surface area contributed by atoms with Gasteiger partial charge in [-0.2, -0.15) is 0 Å². The zero-order chi connectivity index (χ0) is 24.0. The van der Waals surface area contributed by atoms with Crippen molar-refractivity contribution in [3.63, 3.8) is 0 Å². The normalized spacial score (nSPS) is 21.6. The second-order valence-electron chi connectivity index (χ2n) is 7.84. The van der Waals surface area contributed by atoms with Crippen molar-refractivity contribution >= 4 is 44.8 Å². The third kappa shape index (κ3) is 3.51. The zero-order valence-electron chi connectivity index (χ0n) is 17.8. The van der Waals surface area contributed by atoms with Crippen LogP contribution in [0.2, 0.25) is 0 Å². The maximum absolute atomic E-state index is 13.6. The van der Waals surface area contributed by atoms with Gasteiger partial charge in [-0.05, 0) is 57.9 Å². The summed E-state index contributed by atoms with van der Waals surface area (Å²) in [6.07, 6.45) is -1.03. The number of amides is 2. The molecule has 0 aliphatic carbocycles. The first-order valence-electron chi connectivity index (χ1n) is 10.4. The Balaban J connectivity index is 1.56. The van der Waals surface area contributed by atoms with Gasteiger partial charge in [-0.15, -0.1) is 0 Å². The highest BCUT2D eigenvalue weighted by Gasteiger charge is 2.60. The average molecular weight is 524 g/mol. The summed E-state index contributed by atoms with van der Waals surface area (Å²) in [5.74, 6) is -1.13. The van der Waals surface area contributed by atoms with Crippen LogP contribution >= 0.6 is 15.9 Å². The van der Waals surface area contributed by atoms with Gasteiger partial charge in [0.2, 0.25) is 5.91 Å². The molecule has 2 saturated heterocycles. The number of anilines is 2. The Hall–Kier alpha value is -3.76. The lowest BCUT2D eigenvalue weighted by Crippen LogP contribution is -2.37. The number of para-hydroxylation sites is 1. The number of halogens is 1. The van der Waals surface area contributed by atoms with Gasteiger partial charge in [-0.1, -0.05) is 24.3 Å². The number of non-ortho nitro benzene ring substituents is 1. The Morgan fingerprint density at radius 2 is 1.68 bits per heavy atom. The van der Waals surface area contributed by atoms with Gasteiger partial charge in [-0.3, -0.25) is 24.5 Å². The molecule has 2 heterocycles. The van der Waals surface area contributed by atoms with Gasteiger partial charge in [0.1, 0.15) is 11.7 Å². The van der Waals surface area contributed by atoms with E-state index in [1.54, 1.807) is 18.2 Å². The number of fused-ring (bicyclic) bond motifs is 1. The third-order valence-corrected chi connectivity index (χ3v) is 6.58. The number of carbonyl (C=O) groups excluding carboxylic acids is 2. The van der Waals surface area contributed by atoms with E-state index < -0.39 is 34.8 Å². The molecule has 34 heavy (non-hydrogen) atoms. The topological polar surface area (TPSA) is 102 Å². The van der Waals surface area contributed by atoms with Gasteiger partial charge in [0.05, 0.1) is 33.9 Å². The molecule has 9 nitrogen and oxygen atoms in total. The maximum Gasteiger partial charge on any atom is 0.269 e. The fourth-order valence-corrected chi connectivity index (χ4v) is 4.96. The number of hydroxylamine groups is 1. The highest BCUT2D eigenvalue weighted by molar-refractivity contribution is 9.10. The summed E-state index contributed by atoms with van der Waals surface area (Å²) in [6, 6.07) is 19.4. The van der Waals surface area contributed by atoms with Crippen LogP contribution in [0.25, 0.3) is 0 Å². The monoisotopic (exact) mass is 523 g/mol. The maximum atomic E-state index is 13.6. The molecule has 0 spiro atoms. The van der Waals surface area contributed by atoms with Crippen molar-refractivity contribution in [2.24, 2.45) is 5.92 Å². The van der Waals surface area contributed by atoms with Gasteiger partial charge in [0.25, 0.3) is 11.6 Å². The molecule has 2 amide bonds. The van der Waals surface area contributed by atoms with Crippen LogP contribution in [0.3, 0.4) is 0 Å². The van der Waals surface area contributed by atoms with Crippen LogP contribution in [0, 0.1) is 16.0 Å². The molecule has 2 aliphatic heterocycles. The van der Waals surface area contributed by atoms with Gasteiger partial charge in [0, 0.05) is 12.1 Å². The van der Waals surface area contributed by atoms with E-state index in [0.29, 0.717) is 15.9 Å². The molecule has 0 N–H and O–H groups in total. The number of nitro benzene ring substituents is 1. The summed E-state index contributed by atoms with van der Waals surface area (Å²) in [4.78, 5) is 44.5. The van der Waals surface area contributed by atoms with Crippen molar-refractivity contribution in [1.29, 1.82) is 0 Å². The number of methoxy groups -OCH3 is 1. The summed E-state index contributed by atoms with van der Waals surface area (Å²) in [6.45, 7) is 0. The molecule has 5 rings (SSSR count). The highest BCUT2D eigenvalue weighted by Crippen LogP contribution is 2.48. The first-order valence-corrected chi connectivity index (χ1v) is 11.2. The molecule has 3 aromatic rings. The predicted octanol–water partition coefficient (Wildman–Crippen LogP) is 4.42. The molecule has 10 heteroatoms. The Morgan fingerprint density at radius 1 is 0.971 bits per heavy atom. The number of ether oxygens (including phenoxy) is 1. The second-order valence-corrected chi connectivity index (χ2v) is 8.69. The van der Waals surface area contributed by atoms with E-state index in [-0.39, 0.29) is 11.4 Å². The number of rotatable bonds is 5. The molecule has 2 fully saturated rings. The smallest absolute Gasteiger partial charge is 0.269 e. The number of nitro groups is 1. The number of hydrogen-bond donors (Lipinski definition) is 0. The van der Waals surface area contributed by atoms with Gasteiger partial charge >= 0.3 is 0 Å². The van der Waals surface area contributed by atoms with Crippen LogP contribution in [-0.4, -0.2) is 30.0 Å². The number of benzene rings is 3. The quantitative estimate of drug-likeness (QED) is 0.277. The fraction of sp³-hybridized carbons (Fsp3) is 0.167. The van der Waals surface area contributed by atoms with Crippen LogP contribution in [0.15, 0.2) is 77.3 Å². The molecule has 0 saturated carbocycles. The van der Waals surface area contributed by atoms with Crippen LogP contribution in [-0.2, 0) is 14.4 Å². The lowest BCUT2D eigenvalue weighted by Gasteiger charge is -2.29. The first kappa shape index (κ1) is 22.1. The Kier molecular flexibility index (Phi) is 5.54. The molecule has 0 radical (unpaired) electrons. The number of nitrogens with zero attached hydrogens (tertiary/aromatic N) is 3. The van der Waals surface area contributed by atoms with Crippen molar-refractivity contribution in [2.45, 2.75) is 12.1 Å². The Morgan fingerprint density at radius 3 is 2.29 bits per heavy atom. The summed E-state index contributed by atoms with van der Waals surface area (Å²) < 4.78 is 6.03. The van der Waals surface area contributed by atoms with E-state index in [4.69, 9.17) is 9.57 Å². The molecule has 2 aliphatic rings. The summed E-state index contributed by atoms with van der Waals surface area (Å²) in [5, 5.41) is 12.6. The summed E-state index contributed by atoms with van der Waals surface area (Å²) >= 11 is 3.50. The largest absolute Gasteiger partial charge is 0.496 e. The number of imide groups is 1. The van der Waals surface area contributed by atoms with E-state index in [9.17, 15) is 19.7 Å². The van der Waals surface area contributed by atoms with Crippen LogP contribution in [0.1, 0.15) is 11.6 Å². The predicted molar refractivity (Wildman–Crippen MR) is 126 cm³/mol. The minimum atomic E-state index is -1.03. The molecule has 0 unspecified atom stereocenters. The van der Waals surface area contributed by atoms with E-state index in [2.05, 4.69) is 15.9 Å². The highest BCUT2D eigenvalue weighted by atomic mass is 79.9. The fourth-order valence-electron chi connectivity index (χ4n) is 4.40. The summed E-state index contributed by atoms with van der Waals surface area (Å²) in [7, 11) is 1.56. The molecular formula is C24H18BrN3O6. The average Bonchev–Trinajstić information content (AvgIpc) is 3.35. The van der Waals surface area contributed by atoms with Gasteiger partial charge in [0.15, 0.2) is 6.10 Å². The molecule has 3 aromatic carbocycles. The molecular weight excluding hydrogens is 506 g/mol. The van der Waals surface area contributed by atoms with Crippen molar-refractivity contribution in [3.05, 3.63) is 92.9 Å². The van der Waals surface area contributed by atoms with Gasteiger partial charge < -0.3 is 4.74 Å². The second kappa shape index (κ2) is 8.54. The lowest BCUT2D eigenvalue weighted by atomic mass is 9.90. The lowest BCUT2D eigenvalue weighted by molar-refractivity contribution is -0.384. The van der Waals surface area contributed by atoms with Crippen LogP contribution in [0.4, 0.5) is 17.1 Å². The van der Waals surface area contributed by atoms with Crippen LogP contribution in [0.5, 0.6) is 5.75 Å². The van der Waals surface area contributed by atoms with E-state index in [0.717, 1.165) is 10.5 Å². The minimum absolute atomic E-state index is 0.129. The number of hydrogen-bond acceptors (Lipinski definition) is 7. The van der Waals surface area contributed by atoms with E-state index in [1.165, 1.54) is 24.3 Å². The van der Waals surface area contributed by atoms with Crippen molar-refractivity contribution < 1.29 is 24.1 Å². The Bertz CT molecular complexity index is 1280. The van der Waals surface area contributed by atoms with Crippen molar-refractivity contribution in [1.82, 2.24) is 0 Å². The minimum Gasteiger partial charge on any atom is -0.496 e. The molecule has 3 atom stereocenters. The molecule has 172 valence electrons. The summed E-state index contributed by atoms with van der Waals surface area (Å²) in [5.41, 5.74) is 1.60. The standard InChI is InChI=1S/C24H18BrN3O6/c1-33-19-12-7-14(13-18(19)25)21-20-22(34-27(21)16-5-3-2-4-6-16)24(30)26(23(20)29)15-8-10-17(11-9-15)28(31)32/h2-13,20-22H,1H3/t20-,21-,22+/m1/s1. The molecule has 0 aromatic heterocycles. The van der Waals surface area contributed by atoms with Crippen molar-refractivity contribution in [2.75, 3.05) is 17.1 Å². The zero-order valence-corrected chi connectivity index (χ0v) is 19.4. The van der Waals surface area contributed by atoms with E-state index >= 15 is 0 Å². The van der Waals surface area contributed by atoms with Gasteiger partial charge in [-0.25, -0.2) is 9.96 Å².